The first kappa shape index (κ1) is 12.4. The molecular weight excluding hydrogens is 196 g/mol. The predicted molar refractivity (Wildman–Crippen MR) is 69.7 cm³/mol. The van der Waals surface area contributed by atoms with E-state index in [2.05, 4.69) is 24.1 Å². The van der Waals surface area contributed by atoms with Crippen LogP contribution in [0.25, 0.3) is 0 Å². The monoisotopic (exact) mass is 224 g/mol. The Kier molecular flexibility index (Phi) is 4.66. The summed E-state index contributed by atoms with van der Waals surface area (Å²) in [6.07, 6.45) is 8.42. The van der Waals surface area contributed by atoms with Crippen LogP contribution in [-0.4, -0.2) is 36.6 Å². The molecule has 1 aliphatic heterocycles. The second-order valence-corrected chi connectivity index (χ2v) is 5.78. The van der Waals surface area contributed by atoms with Gasteiger partial charge in [-0.25, -0.2) is 0 Å². The van der Waals surface area contributed by atoms with Crippen molar-refractivity contribution in [3.05, 3.63) is 0 Å². The van der Waals surface area contributed by atoms with E-state index in [4.69, 9.17) is 0 Å². The predicted octanol–water partition coefficient (Wildman–Crippen LogP) is 2.64. The summed E-state index contributed by atoms with van der Waals surface area (Å²) < 4.78 is 0. The van der Waals surface area contributed by atoms with E-state index in [1.165, 1.54) is 58.2 Å². The van der Waals surface area contributed by atoms with Gasteiger partial charge in [0.1, 0.15) is 0 Å². The van der Waals surface area contributed by atoms with E-state index >= 15 is 0 Å². The van der Waals surface area contributed by atoms with Gasteiger partial charge in [-0.15, -0.1) is 0 Å². The summed E-state index contributed by atoms with van der Waals surface area (Å²) >= 11 is 0. The molecule has 0 spiro atoms. The Morgan fingerprint density at radius 3 is 2.69 bits per heavy atom. The summed E-state index contributed by atoms with van der Waals surface area (Å²) in [6.45, 7) is 8.58. The third-order valence-electron chi connectivity index (χ3n) is 4.16. The molecule has 1 heterocycles. The maximum absolute atomic E-state index is 3.54. The maximum atomic E-state index is 3.54. The molecule has 2 fully saturated rings. The summed E-state index contributed by atoms with van der Waals surface area (Å²) in [6, 6.07) is 1.74. The van der Waals surface area contributed by atoms with Crippen LogP contribution in [0.2, 0.25) is 0 Å². The fourth-order valence-electron chi connectivity index (χ4n) is 3.06. The first-order valence-electron chi connectivity index (χ1n) is 7.27. The first-order chi connectivity index (χ1) is 7.81. The van der Waals surface area contributed by atoms with Crippen molar-refractivity contribution in [3.8, 4) is 0 Å². The van der Waals surface area contributed by atoms with Gasteiger partial charge in [-0.2, -0.15) is 0 Å². The van der Waals surface area contributed by atoms with E-state index < -0.39 is 0 Å². The molecule has 2 rings (SSSR count). The highest BCUT2D eigenvalue weighted by Gasteiger charge is 2.33. The molecule has 0 aromatic heterocycles. The fraction of sp³-hybridized carbons (Fsp3) is 1.00. The van der Waals surface area contributed by atoms with Crippen molar-refractivity contribution in [3.63, 3.8) is 0 Å². The topological polar surface area (TPSA) is 15.3 Å². The van der Waals surface area contributed by atoms with E-state index in [1.807, 2.05) is 0 Å². The summed E-state index contributed by atoms with van der Waals surface area (Å²) in [7, 11) is 0. The SMILES string of the molecule is CCCC(C)N(CC1CCCNC1)C1CC1. The molecule has 1 aliphatic carbocycles. The minimum atomic E-state index is 0.805. The molecule has 0 bridgehead atoms. The summed E-state index contributed by atoms with van der Waals surface area (Å²) in [5.41, 5.74) is 0. The van der Waals surface area contributed by atoms with Crippen LogP contribution in [-0.2, 0) is 0 Å². The lowest BCUT2D eigenvalue weighted by molar-refractivity contribution is 0.147. The van der Waals surface area contributed by atoms with E-state index in [1.54, 1.807) is 0 Å². The van der Waals surface area contributed by atoms with Crippen molar-refractivity contribution < 1.29 is 0 Å². The van der Waals surface area contributed by atoms with Crippen LogP contribution in [0.1, 0.15) is 52.4 Å². The maximum Gasteiger partial charge on any atom is 0.00993 e. The van der Waals surface area contributed by atoms with Crippen LogP contribution in [0.5, 0.6) is 0 Å². The van der Waals surface area contributed by atoms with Crippen molar-refractivity contribution in [1.82, 2.24) is 10.2 Å². The van der Waals surface area contributed by atoms with Gasteiger partial charge in [0.15, 0.2) is 0 Å². The van der Waals surface area contributed by atoms with Crippen molar-refractivity contribution >= 4 is 0 Å². The Bertz CT molecular complexity index is 195. The number of hydrogen-bond acceptors (Lipinski definition) is 2. The van der Waals surface area contributed by atoms with Gasteiger partial charge in [-0.05, 0) is 58.0 Å². The van der Waals surface area contributed by atoms with Gasteiger partial charge in [-0.1, -0.05) is 13.3 Å². The molecule has 2 nitrogen and oxygen atoms in total. The lowest BCUT2D eigenvalue weighted by Crippen LogP contribution is -2.43. The molecule has 94 valence electrons. The van der Waals surface area contributed by atoms with Gasteiger partial charge in [0.2, 0.25) is 0 Å². The largest absolute Gasteiger partial charge is 0.316 e. The average molecular weight is 224 g/mol. The Morgan fingerprint density at radius 1 is 1.31 bits per heavy atom. The molecule has 0 amide bonds. The normalized spacial score (nSPS) is 28.3. The summed E-state index contributed by atoms with van der Waals surface area (Å²) in [5, 5.41) is 3.54. The van der Waals surface area contributed by atoms with Crippen LogP contribution in [0.3, 0.4) is 0 Å². The zero-order valence-corrected chi connectivity index (χ0v) is 11.0. The third-order valence-corrected chi connectivity index (χ3v) is 4.16. The highest BCUT2D eigenvalue weighted by molar-refractivity contribution is 4.89. The Labute approximate surface area is 101 Å². The molecule has 2 aliphatic rings. The quantitative estimate of drug-likeness (QED) is 0.746. The second kappa shape index (κ2) is 6.02. The van der Waals surface area contributed by atoms with E-state index in [9.17, 15) is 0 Å². The lowest BCUT2D eigenvalue weighted by atomic mass is 9.98. The van der Waals surface area contributed by atoms with Gasteiger partial charge in [0.05, 0.1) is 0 Å². The number of piperidine rings is 1. The molecule has 16 heavy (non-hydrogen) atoms. The van der Waals surface area contributed by atoms with Crippen molar-refractivity contribution in [2.45, 2.75) is 64.5 Å². The number of hydrogen-bond donors (Lipinski definition) is 1. The molecular formula is C14H28N2. The van der Waals surface area contributed by atoms with Gasteiger partial charge in [-0.3, -0.25) is 4.90 Å². The van der Waals surface area contributed by atoms with Crippen LogP contribution < -0.4 is 5.32 Å². The molecule has 1 N–H and O–H groups in total. The molecule has 1 saturated heterocycles. The van der Waals surface area contributed by atoms with E-state index in [-0.39, 0.29) is 0 Å². The van der Waals surface area contributed by atoms with Crippen LogP contribution in [0, 0.1) is 5.92 Å². The zero-order chi connectivity index (χ0) is 11.4. The minimum Gasteiger partial charge on any atom is -0.316 e. The highest BCUT2D eigenvalue weighted by atomic mass is 15.2. The minimum absolute atomic E-state index is 0.805. The molecule has 0 aromatic rings. The van der Waals surface area contributed by atoms with Crippen molar-refractivity contribution in [1.29, 1.82) is 0 Å². The number of nitrogens with zero attached hydrogens (tertiary/aromatic N) is 1. The van der Waals surface area contributed by atoms with Crippen LogP contribution >= 0.6 is 0 Å². The number of rotatable bonds is 6. The lowest BCUT2D eigenvalue weighted by Gasteiger charge is -2.34. The highest BCUT2D eigenvalue weighted by Crippen LogP contribution is 2.31. The van der Waals surface area contributed by atoms with E-state index in [0.717, 1.165) is 18.0 Å². The zero-order valence-electron chi connectivity index (χ0n) is 11.0. The molecule has 2 heteroatoms. The Hall–Kier alpha value is -0.0800. The fourth-order valence-corrected chi connectivity index (χ4v) is 3.06. The molecule has 2 unspecified atom stereocenters. The average Bonchev–Trinajstić information content (AvgIpc) is 3.11. The van der Waals surface area contributed by atoms with Gasteiger partial charge in [0.25, 0.3) is 0 Å². The molecule has 0 radical (unpaired) electrons. The molecule has 2 atom stereocenters. The smallest absolute Gasteiger partial charge is 0.00993 e. The van der Waals surface area contributed by atoms with Crippen molar-refractivity contribution in [2.75, 3.05) is 19.6 Å². The Morgan fingerprint density at radius 2 is 2.12 bits per heavy atom. The van der Waals surface area contributed by atoms with Crippen molar-refractivity contribution in [2.24, 2.45) is 5.92 Å². The van der Waals surface area contributed by atoms with Crippen LogP contribution in [0.4, 0.5) is 0 Å². The molecule has 1 saturated carbocycles. The summed E-state index contributed by atoms with van der Waals surface area (Å²) in [4.78, 5) is 2.81. The standard InChI is InChI=1S/C14H28N2/c1-3-5-12(2)16(14-7-8-14)11-13-6-4-9-15-10-13/h12-15H,3-11H2,1-2H3. The van der Waals surface area contributed by atoms with Gasteiger partial charge in [0, 0.05) is 18.6 Å². The number of nitrogens with one attached hydrogen (secondary N) is 1. The first-order valence-corrected chi connectivity index (χ1v) is 7.27. The third kappa shape index (κ3) is 3.46. The second-order valence-electron chi connectivity index (χ2n) is 5.78. The van der Waals surface area contributed by atoms with E-state index in [0.29, 0.717) is 0 Å². The Balaban J connectivity index is 1.81. The van der Waals surface area contributed by atoms with Gasteiger partial charge < -0.3 is 5.32 Å². The van der Waals surface area contributed by atoms with Gasteiger partial charge >= 0.3 is 0 Å². The summed E-state index contributed by atoms with van der Waals surface area (Å²) in [5.74, 6) is 0.911. The van der Waals surface area contributed by atoms with Crippen LogP contribution in [0.15, 0.2) is 0 Å². The molecule has 0 aromatic carbocycles.